The van der Waals surface area contributed by atoms with Crippen molar-refractivity contribution in [3.05, 3.63) is 41.3 Å². The highest BCUT2D eigenvalue weighted by molar-refractivity contribution is 7.15. The highest BCUT2D eigenvalue weighted by atomic mass is 32.1. The molecule has 0 bridgehead atoms. The Morgan fingerprint density at radius 3 is 2.68 bits per heavy atom. The molecule has 2 aromatic heterocycles. The lowest BCUT2D eigenvalue weighted by molar-refractivity contribution is 1.19. The molecule has 0 unspecified atom stereocenters. The summed E-state index contributed by atoms with van der Waals surface area (Å²) in [6, 6.07) is 12.3. The van der Waals surface area contributed by atoms with Gasteiger partial charge in [0.2, 0.25) is 0 Å². The zero-order chi connectivity index (χ0) is 13.2. The molecule has 0 aliphatic rings. The summed E-state index contributed by atoms with van der Waals surface area (Å²) >= 11 is 1.76. The van der Waals surface area contributed by atoms with Crippen LogP contribution >= 0.6 is 11.3 Å². The van der Waals surface area contributed by atoms with Gasteiger partial charge in [-0.25, -0.2) is 9.97 Å². The molecule has 0 saturated heterocycles. The maximum atomic E-state index is 4.66. The number of rotatable bonds is 3. The van der Waals surface area contributed by atoms with Crippen LogP contribution in [0.4, 0.5) is 5.82 Å². The van der Waals surface area contributed by atoms with Crippen LogP contribution < -0.4 is 5.32 Å². The summed E-state index contributed by atoms with van der Waals surface area (Å²) in [4.78, 5) is 11.8. The van der Waals surface area contributed by atoms with E-state index in [1.807, 2.05) is 31.3 Å². The van der Waals surface area contributed by atoms with E-state index < -0.39 is 0 Å². The Morgan fingerprint density at radius 2 is 1.95 bits per heavy atom. The Balaban J connectivity index is 2.18. The summed E-state index contributed by atoms with van der Waals surface area (Å²) in [6.07, 6.45) is 1.05. The van der Waals surface area contributed by atoms with Crippen molar-refractivity contribution in [2.75, 3.05) is 12.4 Å². The average molecular weight is 269 g/mol. The van der Waals surface area contributed by atoms with Crippen molar-refractivity contribution in [2.24, 2.45) is 0 Å². The van der Waals surface area contributed by atoms with Gasteiger partial charge in [0.15, 0.2) is 5.82 Å². The number of nitrogens with one attached hydrogen (secondary N) is 1. The fraction of sp³-hybridized carbons (Fsp3) is 0.200. The molecule has 19 heavy (non-hydrogen) atoms. The lowest BCUT2D eigenvalue weighted by atomic mass is 10.2. The van der Waals surface area contributed by atoms with Crippen molar-refractivity contribution in [3.63, 3.8) is 0 Å². The molecule has 0 aliphatic heterocycles. The largest absolute Gasteiger partial charge is 0.373 e. The number of para-hydroxylation sites is 1. The minimum Gasteiger partial charge on any atom is -0.373 e. The van der Waals surface area contributed by atoms with E-state index in [9.17, 15) is 0 Å². The Kier molecular flexibility index (Phi) is 3.17. The molecule has 0 atom stereocenters. The molecule has 0 aliphatic carbocycles. The van der Waals surface area contributed by atoms with E-state index in [0.29, 0.717) is 0 Å². The summed E-state index contributed by atoms with van der Waals surface area (Å²) in [5, 5.41) is 4.21. The van der Waals surface area contributed by atoms with Crippen LogP contribution in [0.3, 0.4) is 0 Å². The maximum absolute atomic E-state index is 4.66. The van der Waals surface area contributed by atoms with Gasteiger partial charge in [0.05, 0.1) is 10.4 Å². The van der Waals surface area contributed by atoms with Crippen LogP contribution in [-0.2, 0) is 6.42 Å². The van der Waals surface area contributed by atoms with Crippen LogP contribution in [0.1, 0.15) is 11.8 Å². The van der Waals surface area contributed by atoms with E-state index in [1.165, 1.54) is 4.88 Å². The number of fused-ring (bicyclic) bond motifs is 1. The highest BCUT2D eigenvalue weighted by Gasteiger charge is 2.09. The van der Waals surface area contributed by atoms with Crippen LogP contribution in [0, 0.1) is 0 Å². The van der Waals surface area contributed by atoms with Crippen molar-refractivity contribution in [1.29, 1.82) is 0 Å². The third-order valence-electron chi connectivity index (χ3n) is 3.07. The van der Waals surface area contributed by atoms with Crippen LogP contribution in [0.5, 0.6) is 0 Å². The SMILES string of the molecule is CCc1ccc(-c2nc(NC)c3ccccc3n2)s1. The van der Waals surface area contributed by atoms with E-state index in [0.717, 1.165) is 33.8 Å². The lowest BCUT2D eigenvalue weighted by Gasteiger charge is -2.06. The molecule has 1 N–H and O–H groups in total. The Labute approximate surface area is 116 Å². The van der Waals surface area contributed by atoms with E-state index in [1.54, 1.807) is 11.3 Å². The highest BCUT2D eigenvalue weighted by Crippen LogP contribution is 2.29. The predicted octanol–water partition coefficient (Wildman–Crippen LogP) is 3.96. The third-order valence-corrected chi connectivity index (χ3v) is 4.30. The van der Waals surface area contributed by atoms with Gasteiger partial charge in [0.1, 0.15) is 5.82 Å². The van der Waals surface area contributed by atoms with Crippen LogP contribution in [0.25, 0.3) is 21.6 Å². The minimum atomic E-state index is 0.799. The van der Waals surface area contributed by atoms with Crippen LogP contribution in [0.15, 0.2) is 36.4 Å². The summed E-state index contributed by atoms with van der Waals surface area (Å²) in [5.41, 5.74) is 0.975. The van der Waals surface area contributed by atoms with E-state index in [4.69, 9.17) is 0 Å². The zero-order valence-corrected chi connectivity index (χ0v) is 11.8. The Bertz CT molecular complexity index is 718. The molecule has 3 aromatic rings. The number of hydrogen-bond donors (Lipinski definition) is 1. The third kappa shape index (κ3) is 2.19. The van der Waals surface area contributed by atoms with Gasteiger partial charge in [-0.15, -0.1) is 11.3 Å². The zero-order valence-electron chi connectivity index (χ0n) is 11.0. The number of benzene rings is 1. The molecule has 0 radical (unpaired) electrons. The minimum absolute atomic E-state index is 0.799. The standard InChI is InChI=1S/C15H15N3S/c1-3-10-8-9-13(19-10)15-17-12-7-5-4-6-11(12)14(16-2)18-15/h4-9H,3H2,1-2H3,(H,16,17,18). The second-order valence-electron chi connectivity index (χ2n) is 4.28. The normalized spacial score (nSPS) is 10.8. The number of nitrogens with zero attached hydrogens (tertiary/aromatic N) is 2. The van der Waals surface area contributed by atoms with Gasteiger partial charge in [-0.1, -0.05) is 19.1 Å². The Hall–Kier alpha value is -1.94. The Morgan fingerprint density at radius 1 is 1.11 bits per heavy atom. The van der Waals surface area contributed by atoms with Crippen molar-refractivity contribution >= 4 is 28.1 Å². The predicted molar refractivity (Wildman–Crippen MR) is 81.8 cm³/mol. The molecule has 96 valence electrons. The molecule has 1 aromatic carbocycles. The molecule has 3 rings (SSSR count). The molecule has 0 amide bonds. The van der Waals surface area contributed by atoms with E-state index in [2.05, 4.69) is 34.3 Å². The molecule has 3 nitrogen and oxygen atoms in total. The van der Waals surface area contributed by atoms with Gasteiger partial charge < -0.3 is 5.32 Å². The first-order valence-electron chi connectivity index (χ1n) is 6.35. The fourth-order valence-electron chi connectivity index (χ4n) is 2.07. The average Bonchev–Trinajstić information content (AvgIpc) is 2.95. The number of aromatic nitrogens is 2. The van der Waals surface area contributed by atoms with Gasteiger partial charge in [-0.05, 0) is 30.7 Å². The smallest absolute Gasteiger partial charge is 0.172 e. The molecule has 0 spiro atoms. The van der Waals surface area contributed by atoms with Gasteiger partial charge in [0, 0.05) is 17.3 Å². The summed E-state index contributed by atoms with van der Waals surface area (Å²) in [6.45, 7) is 2.16. The maximum Gasteiger partial charge on any atom is 0.172 e. The van der Waals surface area contributed by atoms with Crippen molar-refractivity contribution in [1.82, 2.24) is 9.97 Å². The lowest BCUT2D eigenvalue weighted by Crippen LogP contribution is -1.97. The fourth-order valence-corrected chi connectivity index (χ4v) is 2.95. The second kappa shape index (κ2) is 4.97. The molecule has 0 fully saturated rings. The molecular weight excluding hydrogens is 254 g/mol. The van der Waals surface area contributed by atoms with Crippen LogP contribution in [0.2, 0.25) is 0 Å². The van der Waals surface area contributed by atoms with Crippen molar-refractivity contribution < 1.29 is 0 Å². The molecule has 0 saturated carbocycles. The number of aryl methyl sites for hydroxylation is 1. The first-order chi connectivity index (χ1) is 9.31. The molecule has 2 heterocycles. The summed E-state index contributed by atoms with van der Waals surface area (Å²) < 4.78 is 0. The molecular formula is C15H15N3S. The second-order valence-corrected chi connectivity index (χ2v) is 5.45. The van der Waals surface area contributed by atoms with Crippen molar-refractivity contribution in [3.8, 4) is 10.7 Å². The van der Waals surface area contributed by atoms with E-state index in [-0.39, 0.29) is 0 Å². The summed E-state index contributed by atoms with van der Waals surface area (Å²) in [7, 11) is 1.89. The number of anilines is 1. The van der Waals surface area contributed by atoms with Gasteiger partial charge in [-0.3, -0.25) is 0 Å². The topological polar surface area (TPSA) is 37.8 Å². The quantitative estimate of drug-likeness (QED) is 0.782. The number of thiophene rings is 1. The first kappa shape index (κ1) is 12.1. The summed E-state index contributed by atoms with van der Waals surface area (Å²) in [5.74, 6) is 1.68. The number of hydrogen-bond acceptors (Lipinski definition) is 4. The van der Waals surface area contributed by atoms with E-state index >= 15 is 0 Å². The van der Waals surface area contributed by atoms with Crippen molar-refractivity contribution in [2.45, 2.75) is 13.3 Å². The van der Waals surface area contributed by atoms with Gasteiger partial charge in [-0.2, -0.15) is 0 Å². The van der Waals surface area contributed by atoms with Gasteiger partial charge >= 0.3 is 0 Å². The first-order valence-corrected chi connectivity index (χ1v) is 7.17. The van der Waals surface area contributed by atoms with Gasteiger partial charge in [0.25, 0.3) is 0 Å². The monoisotopic (exact) mass is 269 g/mol. The van der Waals surface area contributed by atoms with Crippen LogP contribution in [-0.4, -0.2) is 17.0 Å². The molecule has 4 heteroatoms.